The molecule has 1 unspecified atom stereocenters. The van der Waals surface area contributed by atoms with Gasteiger partial charge >= 0.3 is 0 Å². The number of rotatable bonds is 2. The standard InChI is InChI=1S/C5H11N3O3S/c6-5(9)4-2-1-3-8(4)12(7,10)11/h4H,1-3H2,(H2,6,9)(H2,7,10,11). The first-order chi connectivity index (χ1) is 5.43. The topological polar surface area (TPSA) is 106 Å². The predicted octanol–water partition coefficient (Wildman–Crippen LogP) is -1.86. The summed E-state index contributed by atoms with van der Waals surface area (Å²) < 4.78 is 22.6. The van der Waals surface area contributed by atoms with Gasteiger partial charge in [-0.05, 0) is 12.8 Å². The van der Waals surface area contributed by atoms with Crippen LogP contribution in [0.15, 0.2) is 0 Å². The largest absolute Gasteiger partial charge is 0.368 e. The van der Waals surface area contributed by atoms with Crippen LogP contribution in [0, 0.1) is 0 Å². The van der Waals surface area contributed by atoms with E-state index in [0.717, 1.165) is 4.31 Å². The van der Waals surface area contributed by atoms with Gasteiger partial charge in [0.1, 0.15) is 6.04 Å². The Hall–Kier alpha value is -0.660. The Labute approximate surface area is 70.7 Å². The first-order valence-corrected chi connectivity index (χ1v) is 5.02. The van der Waals surface area contributed by atoms with Gasteiger partial charge in [-0.2, -0.15) is 12.7 Å². The summed E-state index contributed by atoms with van der Waals surface area (Å²) in [4.78, 5) is 10.7. The molecule has 1 atom stereocenters. The van der Waals surface area contributed by atoms with Crippen molar-refractivity contribution in [3.8, 4) is 0 Å². The van der Waals surface area contributed by atoms with Crippen LogP contribution < -0.4 is 10.9 Å². The second kappa shape index (κ2) is 3.00. The number of nitrogens with two attached hydrogens (primary N) is 2. The average molecular weight is 193 g/mol. The van der Waals surface area contributed by atoms with Crippen LogP contribution in [0.3, 0.4) is 0 Å². The quantitative estimate of drug-likeness (QED) is 0.537. The summed E-state index contributed by atoms with van der Waals surface area (Å²) in [5, 5.41) is 4.86. The molecule has 4 N–H and O–H groups in total. The Balaban J connectivity index is 2.85. The third-order valence-corrected chi connectivity index (χ3v) is 2.95. The van der Waals surface area contributed by atoms with E-state index >= 15 is 0 Å². The van der Waals surface area contributed by atoms with Crippen molar-refractivity contribution in [1.29, 1.82) is 0 Å². The highest BCUT2D eigenvalue weighted by Crippen LogP contribution is 2.18. The summed E-state index contributed by atoms with van der Waals surface area (Å²) in [6.45, 7) is 0.284. The van der Waals surface area contributed by atoms with Crippen molar-refractivity contribution in [3.63, 3.8) is 0 Å². The third-order valence-electron chi connectivity index (χ3n) is 1.86. The Kier molecular flexibility index (Phi) is 2.36. The molecule has 1 aliphatic heterocycles. The molecular weight excluding hydrogens is 182 g/mol. The second-order valence-electron chi connectivity index (χ2n) is 2.72. The first-order valence-electron chi connectivity index (χ1n) is 3.52. The lowest BCUT2D eigenvalue weighted by atomic mass is 10.2. The number of carbonyl (C=O) groups is 1. The lowest BCUT2D eigenvalue weighted by molar-refractivity contribution is -0.121. The maximum absolute atomic E-state index is 10.8. The zero-order chi connectivity index (χ0) is 9.35. The lowest BCUT2D eigenvalue weighted by Gasteiger charge is -2.17. The SMILES string of the molecule is NC(=O)C1CCCN1S(N)(=O)=O. The smallest absolute Gasteiger partial charge is 0.277 e. The molecule has 0 saturated carbocycles. The first kappa shape index (κ1) is 9.43. The molecule has 0 aromatic rings. The molecule has 0 bridgehead atoms. The van der Waals surface area contributed by atoms with E-state index in [1.165, 1.54) is 0 Å². The van der Waals surface area contributed by atoms with Crippen molar-refractivity contribution in [1.82, 2.24) is 4.31 Å². The van der Waals surface area contributed by atoms with E-state index in [1.54, 1.807) is 0 Å². The highest BCUT2D eigenvalue weighted by atomic mass is 32.2. The van der Waals surface area contributed by atoms with Gasteiger partial charge in [0, 0.05) is 6.54 Å². The third kappa shape index (κ3) is 1.74. The van der Waals surface area contributed by atoms with Gasteiger partial charge in [0.25, 0.3) is 10.2 Å². The Morgan fingerprint density at radius 3 is 2.42 bits per heavy atom. The molecule has 1 amide bonds. The molecule has 0 aromatic carbocycles. The molecule has 1 aliphatic rings. The minimum atomic E-state index is -3.76. The van der Waals surface area contributed by atoms with E-state index < -0.39 is 22.2 Å². The molecule has 6 nitrogen and oxygen atoms in total. The molecule has 7 heteroatoms. The van der Waals surface area contributed by atoms with Crippen molar-refractivity contribution in [2.45, 2.75) is 18.9 Å². The summed E-state index contributed by atoms with van der Waals surface area (Å²) in [5.74, 6) is -0.637. The zero-order valence-corrected chi connectivity index (χ0v) is 7.25. The van der Waals surface area contributed by atoms with E-state index in [1.807, 2.05) is 0 Å². The van der Waals surface area contributed by atoms with Gasteiger partial charge in [-0.1, -0.05) is 0 Å². The number of hydrogen-bond acceptors (Lipinski definition) is 3. The van der Waals surface area contributed by atoms with Crippen LogP contribution in [0.2, 0.25) is 0 Å². The number of carbonyl (C=O) groups excluding carboxylic acids is 1. The van der Waals surface area contributed by atoms with Crippen LogP contribution in [0.1, 0.15) is 12.8 Å². The van der Waals surface area contributed by atoms with Crippen LogP contribution in [0.25, 0.3) is 0 Å². The highest BCUT2D eigenvalue weighted by Gasteiger charge is 2.35. The minimum Gasteiger partial charge on any atom is -0.368 e. The van der Waals surface area contributed by atoms with Crippen molar-refractivity contribution in [2.75, 3.05) is 6.54 Å². The highest BCUT2D eigenvalue weighted by molar-refractivity contribution is 7.86. The van der Waals surface area contributed by atoms with Gasteiger partial charge in [-0.3, -0.25) is 4.79 Å². The molecule has 12 heavy (non-hydrogen) atoms. The van der Waals surface area contributed by atoms with E-state index in [4.69, 9.17) is 10.9 Å². The summed E-state index contributed by atoms with van der Waals surface area (Å²) in [6.07, 6.45) is 1.09. The minimum absolute atomic E-state index is 0.284. The van der Waals surface area contributed by atoms with Gasteiger partial charge in [-0.25, -0.2) is 5.14 Å². The van der Waals surface area contributed by atoms with E-state index in [-0.39, 0.29) is 6.54 Å². The van der Waals surface area contributed by atoms with Crippen molar-refractivity contribution in [2.24, 2.45) is 10.9 Å². The lowest BCUT2D eigenvalue weighted by Crippen LogP contribution is -2.46. The summed E-state index contributed by atoms with van der Waals surface area (Å²) in [7, 11) is -3.76. The zero-order valence-electron chi connectivity index (χ0n) is 6.43. The Morgan fingerprint density at radius 1 is 1.50 bits per heavy atom. The second-order valence-corrected chi connectivity index (χ2v) is 4.22. The van der Waals surface area contributed by atoms with Crippen molar-refractivity contribution in [3.05, 3.63) is 0 Å². The fourth-order valence-electron chi connectivity index (χ4n) is 1.33. The molecule has 0 radical (unpaired) electrons. The van der Waals surface area contributed by atoms with Crippen molar-refractivity contribution < 1.29 is 13.2 Å². The summed E-state index contributed by atoms with van der Waals surface area (Å²) in [5.41, 5.74) is 4.98. The van der Waals surface area contributed by atoms with Gasteiger partial charge in [-0.15, -0.1) is 0 Å². The fraction of sp³-hybridized carbons (Fsp3) is 0.800. The molecule has 0 aliphatic carbocycles. The fourth-order valence-corrected chi connectivity index (χ4v) is 2.28. The van der Waals surface area contributed by atoms with Crippen molar-refractivity contribution >= 4 is 16.1 Å². The van der Waals surface area contributed by atoms with E-state index in [0.29, 0.717) is 12.8 Å². The number of hydrogen-bond donors (Lipinski definition) is 2. The Bertz CT molecular complexity index is 286. The van der Waals surface area contributed by atoms with Crippen LogP contribution in [-0.4, -0.2) is 31.2 Å². The van der Waals surface area contributed by atoms with Crippen LogP contribution >= 0.6 is 0 Å². The molecule has 70 valence electrons. The molecule has 0 spiro atoms. The van der Waals surface area contributed by atoms with E-state index in [9.17, 15) is 13.2 Å². The monoisotopic (exact) mass is 193 g/mol. The van der Waals surface area contributed by atoms with Crippen LogP contribution in [-0.2, 0) is 15.0 Å². The van der Waals surface area contributed by atoms with Crippen LogP contribution in [0.5, 0.6) is 0 Å². The normalized spacial score (nSPS) is 25.9. The van der Waals surface area contributed by atoms with Gasteiger partial charge in [0.15, 0.2) is 0 Å². The number of amides is 1. The number of nitrogens with zero attached hydrogens (tertiary/aromatic N) is 1. The summed E-state index contributed by atoms with van der Waals surface area (Å²) in [6, 6.07) is -0.750. The van der Waals surface area contributed by atoms with E-state index in [2.05, 4.69) is 0 Å². The summed E-state index contributed by atoms with van der Waals surface area (Å²) >= 11 is 0. The molecule has 0 aromatic heterocycles. The molecule has 1 heterocycles. The van der Waals surface area contributed by atoms with Gasteiger partial charge in [0.05, 0.1) is 0 Å². The van der Waals surface area contributed by atoms with Crippen LogP contribution in [0.4, 0.5) is 0 Å². The van der Waals surface area contributed by atoms with Gasteiger partial charge in [0.2, 0.25) is 5.91 Å². The average Bonchev–Trinajstić information content (AvgIpc) is 2.30. The maximum Gasteiger partial charge on any atom is 0.277 e. The molecule has 1 saturated heterocycles. The maximum atomic E-state index is 10.8. The molecular formula is C5H11N3O3S. The Morgan fingerprint density at radius 2 is 2.08 bits per heavy atom. The molecule has 1 fully saturated rings. The predicted molar refractivity (Wildman–Crippen MR) is 42.0 cm³/mol. The van der Waals surface area contributed by atoms with Gasteiger partial charge < -0.3 is 5.73 Å². The number of primary amides is 1. The molecule has 1 rings (SSSR count).